The molecule has 1 unspecified atom stereocenters. The van der Waals surface area contributed by atoms with Crippen LogP contribution < -0.4 is 10.6 Å². The van der Waals surface area contributed by atoms with Gasteiger partial charge in [0, 0.05) is 21.9 Å². The fourth-order valence-electron chi connectivity index (χ4n) is 3.22. The number of carbonyl (C=O) groups excluding carboxylic acids is 1. The standard InChI is InChI=1S/C17H18ClN3O/c1-8-5-12(18)6-9(2)15(8)21-10(3)7-13(19)14-11(4)17(22)20-16(14)21/h5-7,13H,19H2,1-4H3. The molecule has 2 heterocycles. The molecule has 1 atom stereocenters. The van der Waals surface area contributed by atoms with Crippen LogP contribution in [0.4, 0.5) is 5.69 Å². The highest BCUT2D eigenvalue weighted by Crippen LogP contribution is 2.37. The summed E-state index contributed by atoms with van der Waals surface area (Å²) in [4.78, 5) is 18.3. The van der Waals surface area contributed by atoms with Crippen LogP contribution in [0.3, 0.4) is 0 Å². The van der Waals surface area contributed by atoms with Crippen molar-refractivity contribution in [2.45, 2.75) is 33.7 Å². The molecule has 22 heavy (non-hydrogen) atoms. The van der Waals surface area contributed by atoms with Crippen LogP contribution in [0.5, 0.6) is 0 Å². The summed E-state index contributed by atoms with van der Waals surface area (Å²) in [5.41, 5.74) is 11.7. The van der Waals surface area contributed by atoms with Crippen molar-refractivity contribution in [3.05, 3.63) is 51.2 Å². The molecule has 0 saturated carbocycles. The summed E-state index contributed by atoms with van der Waals surface area (Å²) in [5, 5.41) is 0.700. The van der Waals surface area contributed by atoms with Crippen molar-refractivity contribution in [3.63, 3.8) is 0 Å². The lowest BCUT2D eigenvalue weighted by atomic mass is 9.95. The van der Waals surface area contributed by atoms with Crippen molar-refractivity contribution in [1.29, 1.82) is 0 Å². The van der Waals surface area contributed by atoms with Crippen LogP contribution in [-0.2, 0) is 4.79 Å². The van der Waals surface area contributed by atoms with Gasteiger partial charge in [0.05, 0.1) is 11.7 Å². The first-order valence-corrected chi connectivity index (χ1v) is 7.54. The van der Waals surface area contributed by atoms with Crippen LogP contribution >= 0.6 is 11.6 Å². The summed E-state index contributed by atoms with van der Waals surface area (Å²) >= 11 is 6.13. The van der Waals surface area contributed by atoms with Gasteiger partial charge in [0.1, 0.15) is 5.84 Å². The van der Waals surface area contributed by atoms with E-state index in [1.54, 1.807) is 6.92 Å². The number of hydrogen-bond acceptors (Lipinski definition) is 3. The van der Waals surface area contributed by atoms with Crippen molar-refractivity contribution >= 4 is 29.0 Å². The Labute approximate surface area is 135 Å². The molecule has 2 N–H and O–H groups in total. The monoisotopic (exact) mass is 315 g/mol. The van der Waals surface area contributed by atoms with E-state index in [-0.39, 0.29) is 11.9 Å². The van der Waals surface area contributed by atoms with Crippen molar-refractivity contribution in [2.75, 3.05) is 4.90 Å². The molecule has 0 bridgehead atoms. The number of anilines is 1. The maximum atomic E-state index is 12.0. The zero-order chi connectivity index (χ0) is 16.2. The predicted molar refractivity (Wildman–Crippen MR) is 90.3 cm³/mol. The lowest BCUT2D eigenvalue weighted by Gasteiger charge is -2.35. The van der Waals surface area contributed by atoms with E-state index in [1.165, 1.54) is 0 Å². The molecule has 0 radical (unpaired) electrons. The second kappa shape index (κ2) is 5.07. The number of benzene rings is 1. The van der Waals surface area contributed by atoms with Crippen LogP contribution in [0.2, 0.25) is 5.02 Å². The number of nitrogens with two attached hydrogens (primary N) is 1. The fraction of sp³-hybridized carbons (Fsp3) is 0.294. The molecule has 0 spiro atoms. The molecule has 3 rings (SSSR count). The minimum atomic E-state index is -0.297. The van der Waals surface area contributed by atoms with Crippen LogP contribution in [0.1, 0.15) is 25.0 Å². The first kappa shape index (κ1) is 15.0. The molecule has 2 aliphatic rings. The van der Waals surface area contributed by atoms with E-state index in [4.69, 9.17) is 17.3 Å². The Morgan fingerprint density at radius 2 is 1.77 bits per heavy atom. The van der Waals surface area contributed by atoms with Crippen molar-refractivity contribution in [3.8, 4) is 0 Å². The normalized spacial score (nSPS) is 21.1. The van der Waals surface area contributed by atoms with Crippen molar-refractivity contribution in [2.24, 2.45) is 10.7 Å². The summed E-state index contributed by atoms with van der Waals surface area (Å²) in [7, 11) is 0. The van der Waals surface area contributed by atoms with E-state index < -0.39 is 0 Å². The Balaban J connectivity index is 2.26. The zero-order valence-corrected chi connectivity index (χ0v) is 13.8. The second-order valence-electron chi connectivity index (χ2n) is 5.84. The third-order valence-corrected chi connectivity index (χ3v) is 4.39. The molecule has 1 aromatic rings. The highest BCUT2D eigenvalue weighted by Gasteiger charge is 2.36. The molecule has 4 nitrogen and oxygen atoms in total. The molecular formula is C17H18ClN3O. The molecule has 0 saturated heterocycles. The molecule has 1 aromatic carbocycles. The van der Waals surface area contributed by atoms with Gasteiger partial charge < -0.3 is 5.73 Å². The average molecular weight is 316 g/mol. The number of aryl methyl sites for hydroxylation is 2. The lowest BCUT2D eigenvalue weighted by Crippen LogP contribution is -2.41. The van der Waals surface area contributed by atoms with Crippen molar-refractivity contribution < 1.29 is 4.79 Å². The Morgan fingerprint density at radius 3 is 2.36 bits per heavy atom. The molecule has 5 heteroatoms. The number of nitrogens with zero attached hydrogens (tertiary/aromatic N) is 2. The highest BCUT2D eigenvalue weighted by molar-refractivity contribution is 6.31. The molecule has 2 aliphatic heterocycles. The maximum Gasteiger partial charge on any atom is 0.275 e. The number of halogens is 1. The number of carbonyl (C=O) groups is 1. The van der Waals surface area contributed by atoms with E-state index in [1.807, 2.05) is 43.9 Å². The third-order valence-electron chi connectivity index (χ3n) is 4.17. The largest absolute Gasteiger partial charge is 0.321 e. The smallest absolute Gasteiger partial charge is 0.275 e. The minimum Gasteiger partial charge on any atom is -0.321 e. The quantitative estimate of drug-likeness (QED) is 0.865. The summed E-state index contributed by atoms with van der Waals surface area (Å²) in [6.45, 7) is 7.76. The first-order chi connectivity index (χ1) is 10.3. The fourth-order valence-corrected chi connectivity index (χ4v) is 3.54. The number of rotatable bonds is 1. The molecular weight excluding hydrogens is 298 g/mol. The van der Waals surface area contributed by atoms with E-state index in [0.29, 0.717) is 16.4 Å². The molecule has 0 aliphatic carbocycles. The number of allylic oxidation sites excluding steroid dienone is 1. The van der Waals surface area contributed by atoms with Crippen molar-refractivity contribution in [1.82, 2.24) is 0 Å². The van der Waals surface area contributed by atoms with Gasteiger partial charge in [0.15, 0.2) is 0 Å². The van der Waals surface area contributed by atoms with Gasteiger partial charge in [0.2, 0.25) is 0 Å². The van der Waals surface area contributed by atoms with Gasteiger partial charge in [-0.2, -0.15) is 4.99 Å². The molecule has 114 valence electrons. The predicted octanol–water partition coefficient (Wildman–Crippen LogP) is 3.26. The highest BCUT2D eigenvalue weighted by atomic mass is 35.5. The summed E-state index contributed by atoms with van der Waals surface area (Å²) in [6.07, 6.45) is 1.96. The topological polar surface area (TPSA) is 58.7 Å². The number of fused-ring (bicyclic) bond motifs is 1. The van der Waals surface area contributed by atoms with Gasteiger partial charge in [-0.15, -0.1) is 0 Å². The number of hydrogen-bond donors (Lipinski definition) is 1. The Hall–Kier alpha value is -1.91. The maximum absolute atomic E-state index is 12.0. The second-order valence-corrected chi connectivity index (χ2v) is 6.27. The average Bonchev–Trinajstić information content (AvgIpc) is 2.68. The van der Waals surface area contributed by atoms with Gasteiger partial charge in [-0.05, 0) is 57.0 Å². The summed E-state index contributed by atoms with van der Waals surface area (Å²) < 4.78 is 0. The van der Waals surface area contributed by atoms with E-state index >= 15 is 0 Å². The number of amidine groups is 1. The van der Waals surface area contributed by atoms with Gasteiger partial charge in [0.25, 0.3) is 5.91 Å². The molecule has 0 aromatic heterocycles. The SMILES string of the molecule is CC1=CC(N)C2=C(C)C(=O)N=C2N1c1c(C)cc(Cl)cc1C. The van der Waals surface area contributed by atoms with Crippen LogP contribution in [0.25, 0.3) is 0 Å². The zero-order valence-electron chi connectivity index (χ0n) is 13.1. The third kappa shape index (κ3) is 2.11. The van der Waals surface area contributed by atoms with Gasteiger partial charge in [-0.25, -0.2) is 0 Å². The molecule has 1 amide bonds. The van der Waals surface area contributed by atoms with Gasteiger partial charge in [-0.1, -0.05) is 11.6 Å². The van der Waals surface area contributed by atoms with Gasteiger partial charge >= 0.3 is 0 Å². The van der Waals surface area contributed by atoms with E-state index in [0.717, 1.165) is 28.1 Å². The number of amides is 1. The minimum absolute atomic E-state index is 0.210. The summed E-state index contributed by atoms with van der Waals surface area (Å²) in [5.74, 6) is 0.432. The van der Waals surface area contributed by atoms with E-state index in [2.05, 4.69) is 4.99 Å². The summed E-state index contributed by atoms with van der Waals surface area (Å²) in [6, 6.07) is 3.54. The Morgan fingerprint density at radius 1 is 1.18 bits per heavy atom. The molecule has 0 fully saturated rings. The van der Waals surface area contributed by atoms with E-state index in [9.17, 15) is 4.79 Å². The Kier molecular flexibility index (Phi) is 3.46. The van der Waals surface area contributed by atoms with Crippen LogP contribution in [-0.4, -0.2) is 17.8 Å². The van der Waals surface area contributed by atoms with Crippen LogP contribution in [0, 0.1) is 13.8 Å². The number of aliphatic imine (C=N–C) groups is 1. The first-order valence-electron chi connectivity index (χ1n) is 7.16. The lowest BCUT2D eigenvalue weighted by molar-refractivity contribution is -0.114. The van der Waals surface area contributed by atoms with Crippen LogP contribution in [0.15, 0.2) is 40.0 Å². The van der Waals surface area contributed by atoms with Gasteiger partial charge in [-0.3, -0.25) is 9.69 Å². The Bertz CT molecular complexity index is 766.